The van der Waals surface area contributed by atoms with Gasteiger partial charge in [-0.2, -0.15) is 4.98 Å². The van der Waals surface area contributed by atoms with E-state index in [9.17, 15) is 0 Å². The van der Waals surface area contributed by atoms with Gasteiger partial charge in [0.2, 0.25) is 11.7 Å². The van der Waals surface area contributed by atoms with E-state index < -0.39 is 0 Å². The van der Waals surface area contributed by atoms with Crippen LogP contribution in [-0.4, -0.2) is 28.3 Å². The van der Waals surface area contributed by atoms with E-state index in [-0.39, 0.29) is 0 Å². The molecule has 1 aliphatic carbocycles. The van der Waals surface area contributed by atoms with E-state index in [0.717, 1.165) is 43.9 Å². The van der Waals surface area contributed by atoms with Gasteiger partial charge in [-0.15, -0.1) is 0 Å². The summed E-state index contributed by atoms with van der Waals surface area (Å²) in [5.74, 6) is 2.42. The molecule has 0 bridgehead atoms. The number of nitrogens with zero attached hydrogens (tertiary/aromatic N) is 3. The Balaban J connectivity index is 1.54. The predicted octanol–water partition coefficient (Wildman–Crippen LogP) is 3.83. The van der Waals surface area contributed by atoms with Crippen molar-refractivity contribution in [2.75, 3.05) is 13.2 Å². The molecule has 0 unspecified atom stereocenters. The van der Waals surface area contributed by atoms with Crippen molar-refractivity contribution in [1.82, 2.24) is 15.1 Å². The Morgan fingerprint density at radius 1 is 1.27 bits per heavy atom. The molecule has 2 aromatic rings. The minimum absolute atomic E-state index is 0.378. The molecule has 0 N–H and O–H groups in total. The summed E-state index contributed by atoms with van der Waals surface area (Å²) >= 11 is 0. The fraction of sp³-hybridized carbons (Fsp3) is 0.588. The lowest BCUT2D eigenvalue weighted by Crippen LogP contribution is -2.07. The van der Waals surface area contributed by atoms with Crippen molar-refractivity contribution in [1.29, 1.82) is 0 Å². The molecule has 5 heteroatoms. The maximum absolute atomic E-state index is 5.74. The first-order chi connectivity index (χ1) is 10.9. The van der Waals surface area contributed by atoms with Gasteiger partial charge >= 0.3 is 0 Å². The van der Waals surface area contributed by atoms with Gasteiger partial charge < -0.3 is 9.26 Å². The number of unbranched alkanes of at least 4 members (excludes halogenated alkanes) is 1. The van der Waals surface area contributed by atoms with Crippen molar-refractivity contribution >= 4 is 0 Å². The van der Waals surface area contributed by atoms with E-state index in [1.54, 1.807) is 12.4 Å². The minimum Gasteiger partial charge on any atom is -0.381 e. The Hall–Kier alpha value is -1.75. The summed E-state index contributed by atoms with van der Waals surface area (Å²) in [6, 6.07) is 3.79. The monoisotopic (exact) mass is 301 g/mol. The second-order valence-corrected chi connectivity index (χ2v) is 6.00. The van der Waals surface area contributed by atoms with Crippen LogP contribution < -0.4 is 0 Å². The van der Waals surface area contributed by atoms with E-state index in [1.807, 2.05) is 12.1 Å². The van der Waals surface area contributed by atoms with Gasteiger partial charge in [0.05, 0.1) is 0 Å². The summed E-state index contributed by atoms with van der Waals surface area (Å²) < 4.78 is 11.2. The van der Waals surface area contributed by atoms with Crippen LogP contribution in [0, 0.1) is 5.92 Å². The van der Waals surface area contributed by atoms with Crippen LogP contribution in [0.3, 0.4) is 0 Å². The van der Waals surface area contributed by atoms with Gasteiger partial charge in [0.1, 0.15) is 0 Å². The minimum atomic E-state index is 0.378. The molecule has 0 spiro atoms. The van der Waals surface area contributed by atoms with Gasteiger partial charge in [0, 0.05) is 37.1 Å². The Morgan fingerprint density at radius 3 is 2.95 bits per heavy atom. The molecule has 2 heterocycles. The lowest BCUT2D eigenvalue weighted by molar-refractivity contribution is 0.0981. The number of hydrogen-bond donors (Lipinski definition) is 0. The van der Waals surface area contributed by atoms with E-state index >= 15 is 0 Å². The van der Waals surface area contributed by atoms with E-state index in [2.05, 4.69) is 22.0 Å². The second kappa shape index (κ2) is 7.49. The first kappa shape index (κ1) is 15.2. The average molecular weight is 301 g/mol. The van der Waals surface area contributed by atoms with Crippen LogP contribution in [0.1, 0.15) is 50.8 Å². The summed E-state index contributed by atoms with van der Waals surface area (Å²) in [6.07, 6.45) is 9.20. The topological polar surface area (TPSA) is 61.0 Å². The third-order valence-corrected chi connectivity index (χ3v) is 4.27. The zero-order valence-corrected chi connectivity index (χ0v) is 13.1. The van der Waals surface area contributed by atoms with Crippen LogP contribution in [0.4, 0.5) is 0 Å². The van der Waals surface area contributed by atoms with E-state index in [0.29, 0.717) is 17.7 Å². The Morgan fingerprint density at radius 2 is 2.14 bits per heavy atom. The number of ether oxygens (including phenoxy) is 1. The fourth-order valence-electron chi connectivity index (χ4n) is 2.97. The highest BCUT2D eigenvalue weighted by molar-refractivity contribution is 5.52. The molecule has 1 aliphatic rings. The van der Waals surface area contributed by atoms with Gasteiger partial charge in [-0.05, 0) is 43.7 Å². The quantitative estimate of drug-likeness (QED) is 0.727. The van der Waals surface area contributed by atoms with Crippen LogP contribution in [0.15, 0.2) is 29.0 Å². The molecule has 22 heavy (non-hydrogen) atoms. The smallest absolute Gasteiger partial charge is 0.230 e. The van der Waals surface area contributed by atoms with E-state index in [1.165, 1.54) is 12.8 Å². The lowest BCUT2D eigenvalue weighted by atomic mass is 10.1. The van der Waals surface area contributed by atoms with Gasteiger partial charge in [-0.25, -0.2) is 0 Å². The van der Waals surface area contributed by atoms with Crippen LogP contribution in [0.5, 0.6) is 0 Å². The largest absolute Gasteiger partial charge is 0.381 e. The summed E-state index contributed by atoms with van der Waals surface area (Å²) in [6.45, 7) is 3.93. The molecule has 0 aliphatic heterocycles. The molecule has 1 saturated carbocycles. The SMILES string of the molecule is CCCCOC[C@H]1CC[C@H](c2nc(-c3ccncc3)no2)C1. The first-order valence-electron chi connectivity index (χ1n) is 8.18. The highest BCUT2D eigenvalue weighted by Crippen LogP contribution is 2.38. The van der Waals surface area contributed by atoms with Crippen LogP contribution in [0.2, 0.25) is 0 Å². The van der Waals surface area contributed by atoms with Crippen molar-refractivity contribution < 1.29 is 9.26 Å². The third-order valence-electron chi connectivity index (χ3n) is 4.27. The zero-order chi connectivity index (χ0) is 15.2. The molecule has 3 rings (SSSR count). The standard InChI is InChI=1S/C17H23N3O2/c1-2-3-10-21-12-13-4-5-15(11-13)17-19-16(20-22-17)14-6-8-18-9-7-14/h6-9,13,15H,2-5,10-12H2,1H3/t13-,15-/m0/s1. The molecule has 2 aromatic heterocycles. The maximum atomic E-state index is 5.74. The molecule has 0 radical (unpaired) electrons. The van der Waals surface area contributed by atoms with Crippen molar-refractivity contribution in [2.24, 2.45) is 5.92 Å². The van der Waals surface area contributed by atoms with Crippen LogP contribution >= 0.6 is 0 Å². The van der Waals surface area contributed by atoms with Crippen molar-refractivity contribution in [3.63, 3.8) is 0 Å². The predicted molar refractivity (Wildman–Crippen MR) is 83.3 cm³/mol. The summed E-state index contributed by atoms with van der Waals surface area (Å²) in [4.78, 5) is 8.57. The molecule has 2 atom stereocenters. The first-order valence-corrected chi connectivity index (χ1v) is 8.18. The molecule has 0 amide bonds. The molecule has 118 valence electrons. The third kappa shape index (κ3) is 3.71. The van der Waals surface area contributed by atoms with Crippen LogP contribution in [0.25, 0.3) is 11.4 Å². The number of pyridine rings is 1. The van der Waals surface area contributed by atoms with Gasteiger partial charge in [-0.1, -0.05) is 18.5 Å². The summed E-state index contributed by atoms with van der Waals surface area (Å²) in [5, 5.41) is 4.10. The molecule has 0 aromatic carbocycles. The molecular weight excluding hydrogens is 278 g/mol. The van der Waals surface area contributed by atoms with E-state index in [4.69, 9.17) is 9.26 Å². The van der Waals surface area contributed by atoms with Crippen LogP contribution in [-0.2, 0) is 4.74 Å². The highest BCUT2D eigenvalue weighted by atomic mass is 16.5. The number of hydrogen-bond acceptors (Lipinski definition) is 5. The average Bonchev–Trinajstić information content (AvgIpc) is 3.21. The summed E-state index contributed by atoms with van der Waals surface area (Å²) in [5.41, 5.74) is 0.947. The van der Waals surface area contributed by atoms with Crippen molar-refractivity contribution in [2.45, 2.75) is 44.9 Å². The normalized spacial score (nSPS) is 21.3. The van der Waals surface area contributed by atoms with Crippen molar-refractivity contribution in [3.05, 3.63) is 30.4 Å². The number of rotatable bonds is 7. The zero-order valence-electron chi connectivity index (χ0n) is 13.1. The maximum Gasteiger partial charge on any atom is 0.230 e. The van der Waals surface area contributed by atoms with Gasteiger partial charge in [-0.3, -0.25) is 4.98 Å². The van der Waals surface area contributed by atoms with Gasteiger partial charge in [0.15, 0.2) is 0 Å². The lowest BCUT2D eigenvalue weighted by Gasteiger charge is -2.09. The molecule has 0 saturated heterocycles. The molecule has 5 nitrogen and oxygen atoms in total. The fourth-order valence-corrected chi connectivity index (χ4v) is 2.97. The summed E-state index contributed by atoms with van der Waals surface area (Å²) in [7, 11) is 0. The van der Waals surface area contributed by atoms with Crippen molar-refractivity contribution in [3.8, 4) is 11.4 Å². The highest BCUT2D eigenvalue weighted by Gasteiger charge is 2.30. The Bertz CT molecular complexity index is 570. The van der Waals surface area contributed by atoms with Gasteiger partial charge in [0.25, 0.3) is 0 Å². The molecule has 1 fully saturated rings. The number of aromatic nitrogens is 3. The Kier molecular flexibility index (Phi) is 5.16. The molecular formula is C17H23N3O2. The Labute approximate surface area is 131 Å². The second-order valence-electron chi connectivity index (χ2n) is 6.00.